The van der Waals surface area contributed by atoms with Crippen LogP contribution in [0.15, 0.2) is 84.0 Å². The van der Waals surface area contributed by atoms with Gasteiger partial charge in [-0.2, -0.15) is 0 Å². The number of hydrogen-bond donors (Lipinski definition) is 1. The van der Waals surface area contributed by atoms with Crippen molar-refractivity contribution < 1.29 is 9.53 Å². The number of rotatable bonds is 13. The SMILES string of the molecule is C/C(=C\CO)CC/C=C(\C)CCC(CO[Si](c1ccccc1)(c1ccccc1)C(C)(C)C)C(C)C. The van der Waals surface area contributed by atoms with Crippen molar-refractivity contribution >= 4 is 18.7 Å². The molecule has 0 saturated carbocycles. The van der Waals surface area contributed by atoms with Crippen LogP contribution in [0.1, 0.15) is 74.1 Å². The molecule has 0 saturated heterocycles. The fourth-order valence-electron chi connectivity index (χ4n) is 4.92. The van der Waals surface area contributed by atoms with E-state index in [1.165, 1.54) is 21.5 Å². The Morgan fingerprint density at radius 1 is 0.857 bits per heavy atom. The van der Waals surface area contributed by atoms with E-state index in [1.54, 1.807) is 0 Å². The van der Waals surface area contributed by atoms with E-state index in [2.05, 4.69) is 115 Å². The standard InChI is InChI=1S/C32H48O2Si/c1-26(2)29(22-21-27(3)15-14-16-28(4)23-24-33)25-34-35(32(5,6)7,30-17-10-8-11-18-30)31-19-12-9-13-20-31/h8-13,15,17-20,23,26,29,33H,14,16,21-22,24-25H2,1-7H3/b27-15+,28-23+. The predicted molar refractivity (Wildman–Crippen MR) is 155 cm³/mol. The Kier molecular flexibility index (Phi) is 11.7. The number of aliphatic hydroxyl groups is 1. The quantitative estimate of drug-likeness (QED) is 0.235. The van der Waals surface area contributed by atoms with E-state index in [0.717, 1.165) is 32.3 Å². The molecule has 0 radical (unpaired) electrons. The Morgan fingerprint density at radius 2 is 1.37 bits per heavy atom. The molecule has 2 aromatic carbocycles. The molecule has 3 heteroatoms. The molecule has 2 nitrogen and oxygen atoms in total. The lowest BCUT2D eigenvalue weighted by Crippen LogP contribution is -2.67. The first-order valence-electron chi connectivity index (χ1n) is 13.3. The van der Waals surface area contributed by atoms with Gasteiger partial charge in [-0.3, -0.25) is 0 Å². The van der Waals surface area contributed by atoms with E-state index in [-0.39, 0.29) is 11.6 Å². The maximum absolute atomic E-state index is 9.05. The van der Waals surface area contributed by atoms with Gasteiger partial charge in [0.15, 0.2) is 0 Å². The second-order valence-corrected chi connectivity index (χ2v) is 15.6. The van der Waals surface area contributed by atoms with Crippen molar-refractivity contribution in [2.45, 2.75) is 79.2 Å². The molecular weight excluding hydrogens is 444 g/mol. The average Bonchev–Trinajstić information content (AvgIpc) is 2.81. The van der Waals surface area contributed by atoms with Gasteiger partial charge in [0.2, 0.25) is 0 Å². The van der Waals surface area contributed by atoms with Crippen LogP contribution < -0.4 is 10.4 Å². The number of aliphatic hydroxyl groups excluding tert-OH is 1. The molecule has 1 atom stereocenters. The molecule has 35 heavy (non-hydrogen) atoms. The van der Waals surface area contributed by atoms with Gasteiger partial charge in [0.1, 0.15) is 0 Å². The van der Waals surface area contributed by atoms with Gasteiger partial charge in [0, 0.05) is 6.61 Å². The zero-order chi connectivity index (χ0) is 25.9. The first-order valence-corrected chi connectivity index (χ1v) is 15.2. The van der Waals surface area contributed by atoms with E-state index in [1.807, 2.05) is 6.08 Å². The summed E-state index contributed by atoms with van der Waals surface area (Å²) in [7, 11) is -2.50. The minimum Gasteiger partial charge on any atom is -0.407 e. The van der Waals surface area contributed by atoms with Gasteiger partial charge in [0.25, 0.3) is 8.32 Å². The lowest BCUT2D eigenvalue weighted by Gasteiger charge is -2.44. The van der Waals surface area contributed by atoms with Gasteiger partial charge in [-0.1, -0.05) is 119 Å². The minimum absolute atomic E-state index is 0.00695. The first-order chi connectivity index (χ1) is 16.6. The van der Waals surface area contributed by atoms with Gasteiger partial charge in [-0.15, -0.1) is 0 Å². The fourth-order valence-corrected chi connectivity index (χ4v) is 9.54. The molecule has 0 aliphatic carbocycles. The molecule has 0 heterocycles. The summed E-state index contributed by atoms with van der Waals surface area (Å²) in [5.74, 6) is 1.08. The number of hydrogen-bond acceptors (Lipinski definition) is 2. The van der Waals surface area contributed by atoms with Crippen LogP contribution in [0.5, 0.6) is 0 Å². The summed E-state index contributed by atoms with van der Waals surface area (Å²) in [5.41, 5.74) is 2.72. The summed E-state index contributed by atoms with van der Waals surface area (Å²) in [6.45, 7) is 17.0. The van der Waals surface area contributed by atoms with Crippen LogP contribution in [-0.4, -0.2) is 26.6 Å². The van der Waals surface area contributed by atoms with Crippen molar-refractivity contribution in [3.8, 4) is 0 Å². The van der Waals surface area contributed by atoms with E-state index >= 15 is 0 Å². The zero-order valence-corrected chi connectivity index (χ0v) is 24.2. The van der Waals surface area contributed by atoms with Crippen molar-refractivity contribution in [1.82, 2.24) is 0 Å². The lowest BCUT2D eigenvalue weighted by molar-refractivity contribution is 0.190. The lowest BCUT2D eigenvalue weighted by atomic mass is 9.90. The Labute approximate surface area is 216 Å². The van der Waals surface area contributed by atoms with Crippen LogP contribution in [0.25, 0.3) is 0 Å². The summed E-state index contributed by atoms with van der Waals surface area (Å²) in [5, 5.41) is 11.8. The van der Waals surface area contributed by atoms with Crippen molar-refractivity contribution in [3.05, 3.63) is 84.0 Å². The topological polar surface area (TPSA) is 29.5 Å². The highest BCUT2D eigenvalue weighted by Gasteiger charge is 2.50. The Bertz CT molecular complexity index is 884. The van der Waals surface area contributed by atoms with Gasteiger partial charge in [0.05, 0.1) is 6.61 Å². The third-order valence-electron chi connectivity index (χ3n) is 7.25. The van der Waals surface area contributed by atoms with Gasteiger partial charge >= 0.3 is 0 Å². The number of allylic oxidation sites excluding steroid dienone is 3. The molecule has 2 aromatic rings. The molecule has 0 amide bonds. The molecular formula is C32H48O2Si. The highest BCUT2D eigenvalue weighted by Crippen LogP contribution is 2.37. The molecule has 0 aromatic heterocycles. The van der Waals surface area contributed by atoms with Crippen LogP contribution in [-0.2, 0) is 4.43 Å². The molecule has 1 N–H and O–H groups in total. The highest BCUT2D eigenvalue weighted by molar-refractivity contribution is 6.99. The monoisotopic (exact) mass is 492 g/mol. The summed E-state index contributed by atoms with van der Waals surface area (Å²) in [6.07, 6.45) is 8.58. The first kappa shape index (κ1) is 29.3. The van der Waals surface area contributed by atoms with Crippen LogP contribution in [0, 0.1) is 11.8 Å². The van der Waals surface area contributed by atoms with Crippen molar-refractivity contribution in [2.24, 2.45) is 11.8 Å². The molecule has 1 unspecified atom stereocenters. The second-order valence-electron chi connectivity index (χ2n) is 11.3. The maximum Gasteiger partial charge on any atom is 0.261 e. The maximum atomic E-state index is 9.05. The average molecular weight is 493 g/mol. The van der Waals surface area contributed by atoms with Crippen LogP contribution in [0.2, 0.25) is 5.04 Å². The Balaban J connectivity index is 2.22. The largest absolute Gasteiger partial charge is 0.407 e. The second kappa shape index (κ2) is 14.0. The molecule has 0 bridgehead atoms. The molecule has 0 aliphatic rings. The van der Waals surface area contributed by atoms with Crippen molar-refractivity contribution in [3.63, 3.8) is 0 Å². The van der Waals surface area contributed by atoms with E-state index in [9.17, 15) is 0 Å². The molecule has 2 rings (SSSR count). The van der Waals surface area contributed by atoms with E-state index < -0.39 is 8.32 Å². The van der Waals surface area contributed by atoms with Crippen molar-refractivity contribution in [1.29, 1.82) is 0 Å². The fraction of sp³-hybridized carbons (Fsp3) is 0.500. The smallest absolute Gasteiger partial charge is 0.261 e. The summed E-state index contributed by atoms with van der Waals surface area (Å²) in [4.78, 5) is 0. The number of benzene rings is 2. The zero-order valence-electron chi connectivity index (χ0n) is 23.2. The molecule has 0 fully saturated rings. The van der Waals surface area contributed by atoms with Crippen molar-refractivity contribution in [2.75, 3.05) is 13.2 Å². The van der Waals surface area contributed by atoms with Crippen LogP contribution in [0.3, 0.4) is 0 Å². The van der Waals surface area contributed by atoms with Crippen LogP contribution in [0.4, 0.5) is 0 Å². The summed E-state index contributed by atoms with van der Waals surface area (Å²) < 4.78 is 7.25. The Hall–Kier alpha value is -1.94. The van der Waals surface area contributed by atoms with E-state index in [0.29, 0.717) is 11.8 Å². The summed E-state index contributed by atoms with van der Waals surface area (Å²) >= 11 is 0. The van der Waals surface area contributed by atoms with E-state index in [4.69, 9.17) is 9.53 Å². The third-order valence-corrected chi connectivity index (χ3v) is 12.3. The summed E-state index contributed by atoms with van der Waals surface area (Å²) in [6, 6.07) is 21.9. The highest BCUT2D eigenvalue weighted by atomic mass is 28.4. The Morgan fingerprint density at radius 3 is 1.83 bits per heavy atom. The molecule has 0 aliphatic heterocycles. The third kappa shape index (κ3) is 8.30. The van der Waals surface area contributed by atoms with Gasteiger partial charge in [-0.25, -0.2) is 0 Å². The minimum atomic E-state index is -2.50. The molecule has 192 valence electrons. The normalized spacial score (nSPS) is 14.4. The predicted octanol–water partition coefficient (Wildman–Crippen LogP) is 7.28. The van der Waals surface area contributed by atoms with Crippen LogP contribution >= 0.6 is 0 Å². The molecule has 0 spiro atoms. The van der Waals surface area contributed by atoms with Gasteiger partial charge in [-0.05, 0) is 66.8 Å². The van der Waals surface area contributed by atoms with Gasteiger partial charge < -0.3 is 9.53 Å².